The number of carbonyl (C=O) groups is 1. The fraction of sp³-hybridized carbons (Fsp3) is 0.375. The Hall–Kier alpha value is -2.42. The van der Waals surface area contributed by atoms with Gasteiger partial charge in [0.1, 0.15) is 4.83 Å². The Morgan fingerprint density at radius 3 is 2.75 bits per heavy atom. The van der Waals surface area contributed by atoms with Crippen LogP contribution in [0.1, 0.15) is 36.8 Å². The highest BCUT2D eigenvalue weighted by molar-refractivity contribution is 7.99. The Kier molecular flexibility index (Phi) is 6.29. The van der Waals surface area contributed by atoms with Crippen molar-refractivity contribution in [2.24, 2.45) is 0 Å². The normalized spacial score (nSPS) is 14.9. The molecule has 0 bridgehead atoms. The highest BCUT2D eigenvalue weighted by Crippen LogP contribution is 2.37. The highest BCUT2D eigenvalue weighted by Gasteiger charge is 2.31. The number of anilines is 1. The molecule has 6 nitrogen and oxygen atoms in total. The van der Waals surface area contributed by atoms with Gasteiger partial charge in [0.25, 0.3) is 5.56 Å². The number of aromatic nitrogens is 2. The fourth-order valence-electron chi connectivity index (χ4n) is 3.69. The minimum Gasteiger partial charge on any atom is -0.370 e. The van der Waals surface area contributed by atoms with Crippen molar-refractivity contribution in [3.8, 4) is 0 Å². The Morgan fingerprint density at radius 1 is 1.34 bits per heavy atom. The van der Waals surface area contributed by atoms with E-state index in [9.17, 15) is 9.59 Å². The number of hydrogen-bond acceptors (Lipinski definition) is 6. The first kappa shape index (κ1) is 22.8. The molecule has 8 heteroatoms. The van der Waals surface area contributed by atoms with Crippen molar-refractivity contribution >= 4 is 44.9 Å². The summed E-state index contributed by atoms with van der Waals surface area (Å²) in [5.41, 5.74) is 3.39. The number of thiophene rings is 1. The maximum absolute atomic E-state index is 13.5. The number of fused-ring (bicyclic) bond motifs is 3. The van der Waals surface area contributed by atoms with Crippen LogP contribution in [0.25, 0.3) is 10.2 Å². The van der Waals surface area contributed by atoms with Crippen LogP contribution in [0.3, 0.4) is 0 Å². The van der Waals surface area contributed by atoms with Crippen molar-refractivity contribution in [3.05, 3.63) is 62.8 Å². The number of thioether (sulfide) groups is 1. The number of nitrogens with zero attached hydrogens (tertiary/aromatic N) is 2. The zero-order valence-electron chi connectivity index (χ0n) is 18.8. The summed E-state index contributed by atoms with van der Waals surface area (Å²) in [6, 6.07) is 7.65. The second-order valence-corrected chi connectivity index (χ2v) is 10.9. The van der Waals surface area contributed by atoms with Crippen molar-refractivity contribution in [2.45, 2.75) is 58.0 Å². The third-order valence-corrected chi connectivity index (χ3v) is 7.33. The van der Waals surface area contributed by atoms with Crippen molar-refractivity contribution in [2.75, 3.05) is 11.1 Å². The minimum atomic E-state index is -0.311. The molecule has 0 saturated carbocycles. The van der Waals surface area contributed by atoms with E-state index in [1.165, 1.54) is 23.1 Å². The number of nitrogens with one attached hydrogen (secondary N) is 1. The topological polar surface area (TPSA) is 73.2 Å². The maximum Gasteiger partial charge on any atom is 0.263 e. The zero-order valence-corrected chi connectivity index (χ0v) is 20.4. The smallest absolute Gasteiger partial charge is 0.263 e. The number of amides is 1. The molecule has 2 aromatic heterocycles. The molecule has 3 heterocycles. The van der Waals surface area contributed by atoms with Crippen LogP contribution in [0, 0.1) is 6.92 Å². The molecule has 0 aliphatic carbocycles. The molecule has 1 aromatic carbocycles. The van der Waals surface area contributed by atoms with E-state index in [1.807, 2.05) is 52.0 Å². The molecule has 0 radical (unpaired) electrons. The van der Waals surface area contributed by atoms with E-state index >= 15 is 0 Å². The Morgan fingerprint density at radius 2 is 2.06 bits per heavy atom. The number of carbonyl (C=O) groups excluding carboxylic acids is 1. The minimum absolute atomic E-state index is 0.0744. The Balaban J connectivity index is 1.64. The average molecular weight is 470 g/mol. The van der Waals surface area contributed by atoms with Crippen molar-refractivity contribution in [1.82, 2.24) is 9.55 Å². The van der Waals surface area contributed by atoms with Gasteiger partial charge < -0.3 is 10.1 Å². The van der Waals surface area contributed by atoms with Crippen LogP contribution in [0.2, 0.25) is 0 Å². The molecular formula is C24H27N3O3S2. The predicted octanol–water partition coefficient (Wildman–Crippen LogP) is 4.92. The summed E-state index contributed by atoms with van der Waals surface area (Å²) in [4.78, 5) is 32.6. The van der Waals surface area contributed by atoms with E-state index in [-0.39, 0.29) is 22.8 Å². The molecule has 1 N–H and O–H groups in total. The number of rotatable bonds is 6. The van der Waals surface area contributed by atoms with Crippen molar-refractivity contribution in [3.63, 3.8) is 0 Å². The zero-order chi connectivity index (χ0) is 23.0. The molecule has 168 valence electrons. The standard InChI is InChI=1S/C24H27N3O3S2/c1-14(2)11-27-22(29)20-17-10-24(4,5)30-12-18(17)32-21(20)26-23(27)31-13-19(28)25-16-8-6-15(3)7-9-16/h6-9H,1,10-13H2,2-5H3,(H,25,28). The van der Waals surface area contributed by atoms with Crippen molar-refractivity contribution < 1.29 is 9.53 Å². The molecule has 0 spiro atoms. The quantitative estimate of drug-likeness (QED) is 0.315. The van der Waals surface area contributed by atoms with Gasteiger partial charge in [-0.2, -0.15) is 0 Å². The average Bonchev–Trinajstić information content (AvgIpc) is 3.07. The monoisotopic (exact) mass is 469 g/mol. The predicted molar refractivity (Wildman–Crippen MR) is 132 cm³/mol. The van der Waals surface area contributed by atoms with Gasteiger partial charge in [-0.3, -0.25) is 14.2 Å². The molecule has 32 heavy (non-hydrogen) atoms. The second kappa shape index (κ2) is 8.84. The lowest BCUT2D eigenvalue weighted by atomic mass is 9.94. The van der Waals surface area contributed by atoms with Crippen LogP contribution in [-0.4, -0.2) is 26.8 Å². The van der Waals surface area contributed by atoms with E-state index in [0.29, 0.717) is 34.9 Å². The third-order valence-electron chi connectivity index (χ3n) is 5.25. The molecule has 1 aliphatic heterocycles. The van der Waals surface area contributed by atoms with E-state index < -0.39 is 0 Å². The molecule has 0 fully saturated rings. The second-order valence-electron chi connectivity index (χ2n) is 8.85. The first-order valence-corrected chi connectivity index (χ1v) is 12.3. The number of benzene rings is 1. The molecule has 0 saturated heterocycles. The van der Waals surface area contributed by atoms with Crippen LogP contribution >= 0.6 is 23.1 Å². The van der Waals surface area contributed by atoms with E-state index in [2.05, 4.69) is 11.9 Å². The first-order valence-electron chi connectivity index (χ1n) is 10.5. The van der Waals surface area contributed by atoms with Gasteiger partial charge in [0.05, 0.1) is 23.3 Å². The summed E-state index contributed by atoms with van der Waals surface area (Å²) in [7, 11) is 0. The SMILES string of the molecule is C=C(C)Cn1c(SCC(=O)Nc2ccc(C)cc2)nc2sc3c(c2c1=O)CC(C)(C)OC3. The summed E-state index contributed by atoms with van der Waals surface area (Å²) in [5.74, 6) is 0.0131. The van der Waals surface area contributed by atoms with Gasteiger partial charge in [-0.25, -0.2) is 4.98 Å². The largest absolute Gasteiger partial charge is 0.370 e. The van der Waals surface area contributed by atoms with Crippen LogP contribution in [0.4, 0.5) is 5.69 Å². The number of allylic oxidation sites excluding steroid dienone is 1. The maximum atomic E-state index is 13.5. The summed E-state index contributed by atoms with van der Waals surface area (Å²) in [6.07, 6.45) is 0.678. The third kappa shape index (κ3) is 4.82. The van der Waals surface area contributed by atoms with Crippen LogP contribution < -0.4 is 10.9 Å². The van der Waals surface area contributed by atoms with Gasteiger partial charge in [-0.1, -0.05) is 41.6 Å². The van der Waals surface area contributed by atoms with Crippen LogP contribution in [-0.2, 0) is 29.1 Å². The van der Waals surface area contributed by atoms with Gasteiger partial charge in [0.2, 0.25) is 5.91 Å². The molecule has 1 amide bonds. The lowest BCUT2D eigenvalue weighted by Crippen LogP contribution is -2.32. The van der Waals surface area contributed by atoms with E-state index in [0.717, 1.165) is 27.3 Å². The van der Waals surface area contributed by atoms with Crippen molar-refractivity contribution in [1.29, 1.82) is 0 Å². The summed E-state index contributed by atoms with van der Waals surface area (Å²) in [5, 5.41) is 4.10. The molecule has 0 unspecified atom stereocenters. The van der Waals surface area contributed by atoms with Crippen LogP contribution in [0.5, 0.6) is 0 Å². The number of hydrogen-bond donors (Lipinski definition) is 1. The highest BCUT2D eigenvalue weighted by atomic mass is 32.2. The van der Waals surface area contributed by atoms with Crippen LogP contribution in [0.15, 0.2) is 46.4 Å². The van der Waals surface area contributed by atoms with Gasteiger partial charge in [-0.15, -0.1) is 11.3 Å². The number of aryl methyl sites for hydroxylation is 1. The molecule has 1 aliphatic rings. The first-order chi connectivity index (χ1) is 15.1. The van der Waals surface area contributed by atoms with Gasteiger partial charge in [0.15, 0.2) is 5.16 Å². The van der Waals surface area contributed by atoms with E-state index in [4.69, 9.17) is 9.72 Å². The molecular weight excluding hydrogens is 442 g/mol. The summed E-state index contributed by atoms with van der Waals surface area (Å²) in [6.45, 7) is 12.8. The summed E-state index contributed by atoms with van der Waals surface area (Å²) >= 11 is 2.78. The lowest BCUT2D eigenvalue weighted by molar-refractivity contribution is -0.113. The Bertz CT molecular complexity index is 1260. The van der Waals surface area contributed by atoms with Gasteiger partial charge >= 0.3 is 0 Å². The van der Waals surface area contributed by atoms with Gasteiger partial charge in [-0.05, 0) is 45.4 Å². The van der Waals surface area contributed by atoms with E-state index in [1.54, 1.807) is 4.57 Å². The molecule has 4 rings (SSSR count). The Labute approximate surface area is 195 Å². The molecule has 0 atom stereocenters. The lowest BCUT2D eigenvalue weighted by Gasteiger charge is -2.29. The number of ether oxygens (including phenoxy) is 1. The van der Waals surface area contributed by atoms with Gasteiger partial charge in [0, 0.05) is 23.5 Å². The fourth-order valence-corrected chi connectivity index (χ4v) is 5.63. The summed E-state index contributed by atoms with van der Waals surface area (Å²) < 4.78 is 7.57. The molecule has 3 aromatic rings.